The van der Waals surface area contributed by atoms with Crippen molar-refractivity contribution in [2.75, 3.05) is 33.0 Å². The third-order valence-electron chi connectivity index (χ3n) is 15.1. The van der Waals surface area contributed by atoms with Crippen molar-refractivity contribution in [2.45, 2.75) is 333 Å². The molecule has 1 saturated heterocycles. The van der Waals surface area contributed by atoms with Crippen LogP contribution in [0.25, 0.3) is 0 Å². The summed E-state index contributed by atoms with van der Waals surface area (Å²) in [6.45, 7) is 5.44. The largest absolute Gasteiger partial charge is 1.00 e. The molecule has 1 unspecified atom stereocenters. The molecule has 1 fully saturated rings. The average Bonchev–Trinajstić information content (AvgIpc) is 1.31. The summed E-state index contributed by atoms with van der Waals surface area (Å²) in [4.78, 5) is 3.65. The van der Waals surface area contributed by atoms with E-state index in [-0.39, 0.29) is 131 Å². The Labute approximate surface area is 622 Å². The molecular weight excluding hydrogens is 1270 g/mol. The van der Waals surface area contributed by atoms with E-state index in [1.165, 1.54) is 199 Å². The van der Waals surface area contributed by atoms with Gasteiger partial charge < -0.3 is 37.7 Å². The van der Waals surface area contributed by atoms with Crippen LogP contribution in [-0.2, 0) is 77.3 Å². The molecule has 7 atom stereocenters. The zero-order valence-corrected chi connectivity index (χ0v) is 66.9. The zero-order valence-electron chi connectivity index (χ0n) is 55.7. The van der Waals surface area contributed by atoms with Crippen LogP contribution < -0.4 is 123 Å². The molecule has 0 amide bonds. The molecule has 1 rings (SSSR count). The van der Waals surface area contributed by atoms with Gasteiger partial charge in [-0.25, -0.2) is 29.4 Å². The van der Waals surface area contributed by atoms with Crippen molar-refractivity contribution in [3.8, 4) is 0 Å². The van der Waals surface area contributed by atoms with Gasteiger partial charge in [0, 0.05) is 19.6 Å². The van der Waals surface area contributed by atoms with Crippen molar-refractivity contribution in [1.29, 1.82) is 0 Å². The summed E-state index contributed by atoms with van der Waals surface area (Å²) < 4.78 is 182. The Kier molecular flexibility index (Phi) is 66.0. The molecule has 1 heterocycles. The molecule has 1 aliphatic heterocycles. The molecule has 0 spiro atoms. The van der Waals surface area contributed by atoms with Crippen molar-refractivity contribution in [3.05, 3.63) is 0 Å². The quantitative estimate of drug-likeness (QED) is 0.0210. The first-order valence-electron chi connectivity index (χ1n) is 32.1. The van der Waals surface area contributed by atoms with Gasteiger partial charge in [-0.3, -0.25) is 22.1 Å². The minimum absolute atomic E-state index is 0. The molecule has 0 bridgehead atoms. The molecule has 502 valence electrons. The first-order chi connectivity index (χ1) is 39.9. The zero-order chi connectivity index (χ0) is 62.4. The van der Waals surface area contributed by atoms with Gasteiger partial charge in [-0.2, -0.15) is 8.42 Å². The van der Waals surface area contributed by atoms with Gasteiger partial charge in [0.1, 0.15) is 36.1 Å². The molecule has 0 radical (unpaired) electrons. The second-order valence-electron chi connectivity index (χ2n) is 23.3. The maximum absolute atomic E-state index is 12.4. The van der Waals surface area contributed by atoms with E-state index in [1.807, 2.05) is 0 Å². The van der Waals surface area contributed by atoms with Crippen LogP contribution in [0, 0.1) is 0 Å². The van der Waals surface area contributed by atoms with Gasteiger partial charge in [0.25, 0.3) is 0 Å². The number of hydrogen-bond acceptors (Lipinski definition) is 21. The summed E-state index contributed by atoms with van der Waals surface area (Å²) in [5, 5.41) is 12.4. The topological polar surface area (TPSA) is 335 Å². The van der Waals surface area contributed by atoms with E-state index in [4.69, 9.17) is 23.1 Å². The number of ether oxygens (including phenoxy) is 4. The van der Waals surface area contributed by atoms with Crippen LogP contribution in [0.2, 0.25) is 0 Å². The van der Waals surface area contributed by atoms with Crippen molar-refractivity contribution in [2.24, 2.45) is 4.99 Å². The predicted octanol–water partition coefficient (Wildman–Crippen LogP) is 0.0726. The number of unbranched alkanes of at least 4 members (excludes halogenated alkanes) is 38. The van der Waals surface area contributed by atoms with E-state index in [1.54, 1.807) is 6.92 Å². The molecule has 22 nitrogen and oxygen atoms in total. The summed E-state index contributed by atoms with van der Waals surface area (Å²) in [5.74, 6) is -1.13. The van der Waals surface area contributed by atoms with Crippen LogP contribution in [-0.4, -0.2) is 133 Å². The Morgan fingerprint density at radius 3 is 1.19 bits per heavy atom. The normalized spacial score (nSPS) is 18.1. The summed E-state index contributed by atoms with van der Waals surface area (Å²) in [7, 11) is -23.3. The molecule has 0 aromatic carbocycles. The predicted molar refractivity (Wildman–Crippen MR) is 319 cm³/mol. The van der Waals surface area contributed by atoms with Crippen LogP contribution in [0.5, 0.6) is 0 Å². The smallest absolute Gasteiger partial charge is 0.862 e. The van der Waals surface area contributed by atoms with E-state index >= 15 is 0 Å². The maximum Gasteiger partial charge on any atom is 1.00 e. The van der Waals surface area contributed by atoms with E-state index < -0.39 is 109 Å². The van der Waals surface area contributed by atoms with E-state index in [0.717, 1.165) is 58.3 Å². The molecule has 0 aliphatic carbocycles. The standard InChI is InChI=1S/C58H115NO21S4.4Na/c1-5-7-9-11-13-15-17-19-21-23-25-27-29-31-33-35-37-39-41-43-45-73-49-58(4,75-46-44-42-40-38-36-34-32-30-28-26-24-22-20-18-16-14-12-10-8-6-2)50-74-54-47-52(78-82(64,65)66)55(59-51(3)60)57(77-54)56(80-84(70,71)72)53(79-83(67,68)69)48-76-81(61,62)63;;;;/h52-57H,5-50H2,1-4H3,(H,59,60)(H,61,62,63)(H,64,65,66)(H,67,68,69)(H,70,71,72);;;;/q;4*+1/p-4/t52-,53+,54+,55+,56-,57+,58?;;;;/m0..../s1. The minimum atomic E-state index is -5.99. The summed E-state index contributed by atoms with van der Waals surface area (Å²) in [6, 6.07) is -2.17. The van der Waals surface area contributed by atoms with Crippen LogP contribution in [0.15, 0.2) is 4.99 Å². The van der Waals surface area contributed by atoms with Crippen molar-refractivity contribution in [3.63, 3.8) is 0 Å². The van der Waals surface area contributed by atoms with E-state index in [2.05, 4.69) is 31.4 Å². The van der Waals surface area contributed by atoms with Gasteiger partial charge in [-0.05, 0) is 32.6 Å². The summed E-state index contributed by atoms with van der Waals surface area (Å²) in [5.41, 5.74) is -1.25. The van der Waals surface area contributed by atoms with Gasteiger partial charge in [0.05, 0.1) is 19.8 Å². The SMILES string of the molecule is CCCCCCCCCCCCCCCCCCCCCCOCC(C)(CO[C@H]1C[C@H](OS(=O)(=O)[O-])[C@@H](N=C(C)[O-])[C@H]([C@@H](OS(=O)(=O)O)[C@@H](COS(=O)(=O)[O-])OS(=O)(=O)[O-])O1)OCCCCCCCCCCCCCCCCCCCCCC.[Na+].[Na+].[Na+].[Na+]. The Morgan fingerprint density at radius 1 is 0.523 bits per heavy atom. The van der Waals surface area contributed by atoms with Crippen LogP contribution in [0.4, 0.5) is 0 Å². The Morgan fingerprint density at radius 2 is 0.875 bits per heavy atom. The molecular formula is C58H111NNa4O21S4. The van der Waals surface area contributed by atoms with E-state index in [9.17, 15) is 57.0 Å². The first kappa shape index (κ1) is 97.2. The van der Waals surface area contributed by atoms with Crippen LogP contribution in [0.3, 0.4) is 0 Å². The third kappa shape index (κ3) is 60.0. The average molecular weight is 1380 g/mol. The second-order valence-corrected chi connectivity index (χ2v) is 27.4. The third-order valence-corrected chi connectivity index (χ3v) is 17.0. The summed E-state index contributed by atoms with van der Waals surface area (Å²) in [6.07, 6.45) is 36.7. The number of nitrogens with zero attached hydrogens (tertiary/aromatic N) is 1. The summed E-state index contributed by atoms with van der Waals surface area (Å²) >= 11 is 0. The second kappa shape index (κ2) is 59.8. The Balaban J connectivity index is -0.00000882. The van der Waals surface area contributed by atoms with Crippen molar-refractivity contribution >= 4 is 47.5 Å². The fourth-order valence-corrected chi connectivity index (χ4v) is 12.4. The molecule has 1 aliphatic rings. The fourth-order valence-electron chi connectivity index (χ4n) is 10.6. The Hall–Kier alpha value is 2.79. The molecule has 1 N–H and O–H groups in total. The van der Waals surface area contributed by atoms with Gasteiger partial charge in [-0.1, -0.05) is 258 Å². The number of aliphatic imine (C=N–C) groups is 1. The number of hydrogen-bond donors (Lipinski definition) is 1. The molecule has 30 heteroatoms. The molecule has 0 saturated carbocycles. The number of rotatable bonds is 60. The van der Waals surface area contributed by atoms with Gasteiger partial charge >= 0.3 is 129 Å². The van der Waals surface area contributed by atoms with Crippen LogP contribution >= 0.6 is 0 Å². The van der Waals surface area contributed by atoms with Gasteiger partial charge in [-0.15, -0.1) is 0 Å². The van der Waals surface area contributed by atoms with Crippen LogP contribution in [0.1, 0.15) is 291 Å². The molecule has 88 heavy (non-hydrogen) atoms. The van der Waals surface area contributed by atoms with E-state index in [0.29, 0.717) is 13.0 Å². The van der Waals surface area contributed by atoms with Gasteiger partial charge in [0.2, 0.25) is 31.2 Å². The minimum Gasteiger partial charge on any atom is -0.862 e. The first-order valence-corrected chi connectivity index (χ1v) is 37.5. The monoisotopic (exact) mass is 1380 g/mol. The fraction of sp³-hybridized carbons (Fsp3) is 0.983. The maximum atomic E-state index is 12.4. The molecule has 0 aromatic heterocycles. The van der Waals surface area contributed by atoms with Gasteiger partial charge in [0.15, 0.2) is 6.29 Å². The van der Waals surface area contributed by atoms with Crippen molar-refractivity contribution in [1.82, 2.24) is 0 Å². The molecule has 0 aromatic rings. The van der Waals surface area contributed by atoms with Crippen molar-refractivity contribution < 1.29 is 211 Å². The Bertz CT molecular complexity index is 2110.